The molecule has 1 unspecified atom stereocenters. The fourth-order valence-electron chi connectivity index (χ4n) is 1.25. The number of nitrogen functional groups attached to an aromatic ring is 1. The van der Waals surface area contributed by atoms with Crippen LogP contribution in [-0.4, -0.2) is 28.6 Å². The zero-order valence-electron chi connectivity index (χ0n) is 11.8. The summed E-state index contributed by atoms with van der Waals surface area (Å²) in [4.78, 5) is 4.40. The Labute approximate surface area is 114 Å². The Balaban J connectivity index is 2.74. The topological polar surface area (TPSA) is 60.2 Å². The molecule has 3 N–H and O–H groups in total. The number of nitrogens with one attached hydrogen (secondary N) is 1. The lowest BCUT2D eigenvalue weighted by Crippen LogP contribution is -2.24. The molecular weight excluding hydrogens is 246 g/mol. The van der Waals surface area contributed by atoms with Crippen LogP contribution in [0.4, 0.5) is 11.5 Å². The van der Waals surface area contributed by atoms with E-state index in [1.807, 2.05) is 44.7 Å². The molecular formula is C13H23N3OS. The van der Waals surface area contributed by atoms with E-state index in [-0.39, 0.29) is 5.60 Å². The Morgan fingerprint density at radius 1 is 1.44 bits per heavy atom. The SMILES string of the molecule is CSC(C)CNc1ccc(N)c(OC(C)(C)C)n1. The first-order valence-electron chi connectivity index (χ1n) is 6.04. The second-order valence-electron chi connectivity index (χ2n) is 5.23. The maximum absolute atomic E-state index is 5.86. The number of ether oxygens (including phenoxy) is 1. The van der Waals surface area contributed by atoms with Gasteiger partial charge in [-0.2, -0.15) is 16.7 Å². The van der Waals surface area contributed by atoms with E-state index in [4.69, 9.17) is 10.5 Å². The number of pyridine rings is 1. The molecule has 0 radical (unpaired) electrons. The number of nitrogens with two attached hydrogens (primary N) is 1. The Bertz CT molecular complexity index is 390. The van der Waals surface area contributed by atoms with Crippen molar-refractivity contribution in [1.29, 1.82) is 0 Å². The molecule has 0 aliphatic heterocycles. The van der Waals surface area contributed by atoms with Crippen LogP contribution >= 0.6 is 11.8 Å². The molecule has 0 spiro atoms. The molecule has 0 aromatic carbocycles. The minimum Gasteiger partial charge on any atom is -0.470 e. The van der Waals surface area contributed by atoms with Crippen LogP contribution in [0.5, 0.6) is 5.88 Å². The molecule has 1 aromatic heterocycles. The van der Waals surface area contributed by atoms with Gasteiger partial charge in [0.15, 0.2) is 0 Å². The fraction of sp³-hybridized carbons (Fsp3) is 0.615. The number of thioether (sulfide) groups is 1. The predicted molar refractivity (Wildman–Crippen MR) is 80.5 cm³/mol. The van der Waals surface area contributed by atoms with Crippen LogP contribution in [0.25, 0.3) is 0 Å². The minimum atomic E-state index is -0.299. The lowest BCUT2D eigenvalue weighted by molar-refractivity contribution is 0.125. The number of aromatic nitrogens is 1. The monoisotopic (exact) mass is 269 g/mol. The maximum atomic E-state index is 5.86. The highest BCUT2D eigenvalue weighted by molar-refractivity contribution is 7.99. The smallest absolute Gasteiger partial charge is 0.239 e. The third-order valence-corrected chi connectivity index (χ3v) is 3.24. The summed E-state index contributed by atoms with van der Waals surface area (Å²) in [7, 11) is 0. The number of hydrogen-bond acceptors (Lipinski definition) is 5. The zero-order valence-corrected chi connectivity index (χ0v) is 12.6. The summed E-state index contributed by atoms with van der Waals surface area (Å²) < 4.78 is 5.72. The zero-order chi connectivity index (χ0) is 13.8. The van der Waals surface area contributed by atoms with Crippen LogP contribution in [0, 0.1) is 0 Å². The van der Waals surface area contributed by atoms with Crippen LogP contribution < -0.4 is 15.8 Å². The van der Waals surface area contributed by atoms with Crippen molar-refractivity contribution < 1.29 is 4.74 Å². The summed E-state index contributed by atoms with van der Waals surface area (Å²) in [5.41, 5.74) is 6.12. The number of anilines is 2. The van der Waals surface area contributed by atoms with Crippen molar-refractivity contribution in [3.8, 4) is 5.88 Å². The van der Waals surface area contributed by atoms with Crippen LogP contribution in [-0.2, 0) is 0 Å². The molecule has 1 aromatic rings. The van der Waals surface area contributed by atoms with Gasteiger partial charge in [-0.1, -0.05) is 6.92 Å². The number of hydrogen-bond donors (Lipinski definition) is 2. The molecule has 5 heteroatoms. The van der Waals surface area contributed by atoms with E-state index in [2.05, 4.69) is 23.5 Å². The molecule has 1 atom stereocenters. The average molecular weight is 269 g/mol. The highest BCUT2D eigenvalue weighted by Gasteiger charge is 2.15. The average Bonchev–Trinajstić information content (AvgIpc) is 2.28. The quantitative estimate of drug-likeness (QED) is 0.860. The van der Waals surface area contributed by atoms with Gasteiger partial charge in [-0.15, -0.1) is 0 Å². The van der Waals surface area contributed by atoms with Crippen LogP contribution in [0.3, 0.4) is 0 Å². The Hall–Kier alpha value is -1.10. The van der Waals surface area contributed by atoms with Crippen molar-refractivity contribution in [3.63, 3.8) is 0 Å². The van der Waals surface area contributed by atoms with Gasteiger partial charge in [-0.05, 0) is 39.2 Å². The van der Waals surface area contributed by atoms with Gasteiger partial charge in [0.2, 0.25) is 5.88 Å². The van der Waals surface area contributed by atoms with Crippen molar-refractivity contribution in [2.75, 3.05) is 23.9 Å². The van der Waals surface area contributed by atoms with Crippen LogP contribution in [0.1, 0.15) is 27.7 Å². The summed E-state index contributed by atoms with van der Waals surface area (Å²) in [6.45, 7) is 8.96. The normalized spacial score (nSPS) is 13.2. The predicted octanol–water partition coefficient (Wildman–Crippen LogP) is 3.00. The van der Waals surface area contributed by atoms with Crippen LogP contribution in [0.2, 0.25) is 0 Å². The van der Waals surface area contributed by atoms with Crippen molar-refractivity contribution in [2.45, 2.75) is 38.5 Å². The van der Waals surface area contributed by atoms with Gasteiger partial charge in [0.25, 0.3) is 0 Å². The number of rotatable bonds is 5. The summed E-state index contributed by atoms with van der Waals surface area (Å²) >= 11 is 1.82. The van der Waals surface area contributed by atoms with Gasteiger partial charge in [-0.3, -0.25) is 0 Å². The summed E-state index contributed by atoms with van der Waals surface area (Å²) in [5.74, 6) is 1.29. The molecule has 0 amide bonds. The standard InChI is InChI=1S/C13H23N3OS/c1-9(18-5)8-15-11-7-6-10(14)12(16-11)17-13(2,3)4/h6-7,9H,8,14H2,1-5H3,(H,15,16). The van der Waals surface area contributed by atoms with Crippen LogP contribution in [0.15, 0.2) is 12.1 Å². The molecule has 18 heavy (non-hydrogen) atoms. The van der Waals surface area contributed by atoms with E-state index < -0.39 is 0 Å². The van der Waals surface area contributed by atoms with Crippen molar-refractivity contribution >= 4 is 23.3 Å². The summed E-state index contributed by atoms with van der Waals surface area (Å²) in [6, 6.07) is 3.69. The first-order chi connectivity index (χ1) is 8.31. The fourth-order valence-corrected chi connectivity index (χ4v) is 1.50. The van der Waals surface area contributed by atoms with E-state index in [9.17, 15) is 0 Å². The highest BCUT2D eigenvalue weighted by atomic mass is 32.2. The van der Waals surface area contributed by atoms with Crippen molar-refractivity contribution in [2.24, 2.45) is 0 Å². The largest absolute Gasteiger partial charge is 0.470 e. The molecule has 0 bridgehead atoms. The van der Waals surface area contributed by atoms with E-state index in [0.29, 0.717) is 16.8 Å². The van der Waals surface area contributed by atoms with E-state index in [1.165, 1.54) is 0 Å². The van der Waals surface area contributed by atoms with Gasteiger partial charge in [0.05, 0.1) is 5.69 Å². The second kappa shape index (κ2) is 6.18. The molecule has 102 valence electrons. The molecule has 0 fully saturated rings. The molecule has 0 saturated carbocycles. The molecule has 0 saturated heterocycles. The molecule has 4 nitrogen and oxygen atoms in total. The molecule has 0 aliphatic carbocycles. The third-order valence-electron chi connectivity index (χ3n) is 2.27. The van der Waals surface area contributed by atoms with Gasteiger partial charge in [0.1, 0.15) is 11.4 Å². The molecule has 0 aliphatic rings. The van der Waals surface area contributed by atoms with E-state index in [0.717, 1.165) is 12.4 Å². The first kappa shape index (κ1) is 15.0. The molecule has 1 rings (SSSR count). The van der Waals surface area contributed by atoms with Crippen molar-refractivity contribution in [3.05, 3.63) is 12.1 Å². The number of nitrogens with zero attached hydrogens (tertiary/aromatic N) is 1. The summed E-state index contributed by atoms with van der Waals surface area (Å²) in [6.07, 6.45) is 2.09. The lowest BCUT2D eigenvalue weighted by atomic mass is 10.2. The minimum absolute atomic E-state index is 0.299. The Morgan fingerprint density at radius 3 is 2.67 bits per heavy atom. The third kappa shape index (κ3) is 5.04. The van der Waals surface area contributed by atoms with Gasteiger partial charge >= 0.3 is 0 Å². The maximum Gasteiger partial charge on any atom is 0.239 e. The first-order valence-corrected chi connectivity index (χ1v) is 7.33. The Kier molecular flexibility index (Phi) is 5.14. The lowest BCUT2D eigenvalue weighted by Gasteiger charge is -2.22. The van der Waals surface area contributed by atoms with Gasteiger partial charge < -0.3 is 15.8 Å². The Morgan fingerprint density at radius 2 is 2.11 bits per heavy atom. The summed E-state index contributed by atoms with van der Waals surface area (Å²) in [5, 5.41) is 3.82. The van der Waals surface area contributed by atoms with Gasteiger partial charge in [0, 0.05) is 11.8 Å². The van der Waals surface area contributed by atoms with E-state index in [1.54, 1.807) is 0 Å². The highest BCUT2D eigenvalue weighted by Crippen LogP contribution is 2.25. The molecule has 1 heterocycles. The van der Waals surface area contributed by atoms with E-state index >= 15 is 0 Å². The second-order valence-corrected chi connectivity index (χ2v) is 6.51. The van der Waals surface area contributed by atoms with Gasteiger partial charge in [-0.25, -0.2) is 0 Å². The van der Waals surface area contributed by atoms with Crippen molar-refractivity contribution in [1.82, 2.24) is 4.98 Å².